The number of nitrogens with zero attached hydrogens (tertiary/aromatic N) is 1. The quantitative estimate of drug-likeness (QED) is 0.635. The molecule has 1 aliphatic heterocycles. The van der Waals surface area contributed by atoms with Gasteiger partial charge in [-0.05, 0) is 5.56 Å². The Kier molecular flexibility index (Phi) is 4.79. The molecular weight excluding hydrogens is 405 g/mol. The van der Waals surface area contributed by atoms with Gasteiger partial charge in [0.15, 0.2) is 0 Å². The van der Waals surface area contributed by atoms with E-state index < -0.39 is 52.0 Å². The summed E-state index contributed by atoms with van der Waals surface area (Å²) in [5.41, 5.74) is -6.74. The van der Waals surface area contributed by atoms with Crippen molar-refractivity contribution < 1.29 is 22.8 Å². The van der Waals surface area contributed by atoms with Crippen molar-refractivity contribution in [3.63, 3.8) is 0 Å². The highest BCUT2D eigenvalue weighted by molar-refractivity contribution is 6.27. The number of aromatic nitrogens is 2. The number of benzene rings is 1. The van der Waals surface area contributed by atoms with Crippen LogP contribution in [-0.2, 0) is 21.7 Å². The maximum absolute atomic E-state index is 13.9. The number of H-pyrrole nitrogens is 1. The normalized spacial score (nSPS) is 18.5. The topological polar surface area (TPSA) is 113 Å². The average molecular weight is 417 g/mol. The zero-order valence-electron chi connectivity index (χ0n) is 13.9. The Morgan fingerprint density at radius 1 is 1.18 bits per heavy atom. The van der Waals surface area contributed by atoms with Crippen molar-refractivity contribution in [3.05, 3.63) is 62.3 Å². The predicted molar refractivity (Wildman–Crippen MR) is 92.1 cm³/mol. The molecule has 2 aromatic rings. The van der Waals surface area contributed by atoms with Crippen LogP contribution in [0.15, 0.2) is 39.9 Å². The highest BCUT2D eigenvalue weighted by atomic mass is 35.5. The molecule has 0 spiro atoms. The van der Waals surface area contributed by atoms with Gasteiger partial charge < -0.3 is 10.6 Å². The number of hydrogen-bond donors (Lipinski definition) is 3. The van der Waals surface area contributed by atoms with Gasteiger partial charge >= 0.3 is 11.9 Å². The lowest BCUT2D eigenvalue weighted by Crippen LogP contribution is -2.62. The highest BCUT2D eigenvalue weighted by Crippen LogP contribution is 2.44. The third kappa shape index (κ3) is 2.97. The number of carbonyl (C=O) groups is 2. The fourth-order valence-electron chi connectivity index (χ4n) is 2.98. The Bertz CT molecular complexity index is 1060. The van der Waals surface area contributed by atoms with Crippen molar-refractivity contribution in [1.29, 1.82) is 0 Å². The molecule has 0 unspecified atom stereocenters. The smallest absolute Gasteiger partial charge is 0.329 e. The third-order valence-corrected chi connectivity index (χ3v) is 4.45. The van der Waals surface area contributed by atoms with E-state index in [1.807, 2.05) is 5.32 Å². The Labute approximate surface area is 159 Å². The highest BCUT2D eigenvalue weighted by Gasteiger charge is 2.68. The molecule has 2 amide bonds. The van der Waals surface area contributed by atoms with Crippen molar-refractivity contribution in [2.45, 2.75) is 18.3 Å². The number of alkyl halides is 4. The standard InChI is InChI=1S/C16H12ClF3N4O4/c17-6-9(25)23-15(16(18,19)20)10-11(21-13(15)27)24(14(28)22-12(10)26)7-8-4-2-1-3-5-8/h1-5H,6-7H2,(H,21,27)(H,23,25)(H,22,26,28)/t15-/m1/s1. The molecule has 3 rings (SSSR count). The van der Waals surface area contributed by atoms with Crippen LogP contribution in [0.2, 0.25) is 0 Å². The van der Waals surface area contributed by atoms with Gasteiger partial charge in [0.05, 0.1) is 6.54 Å². The molecular formula is C16H12ClF3N4O4. The fourth-order valence-corrected chi connectivity index (χ4v) is 3.05. The summed E-state index contributed by atoms with van der Waals surface area (Å²) < 4.78 is 42.5. The predicted octanol–water partition coefficient (Wildman–Crippen LogP) is 0.650. The van der Waals surface area contributed by atoms with Crippen LogP contribution in [0, 0.1) is 0 Å². The SMILES string of the molecule is O=C(CCl)N[C@@]1(C(F)(F)F)C(=O)Nc2c1c(=O)[nH]c(=O)n2Cc1ccccc1. The molecule has 28 heavy (non-hydrogen) atoms. The van der Waals surface area contributed by atoms with E-state index in [-0.39, 0.29) is 6.54 Å². The van der Waals surface area contributed by atoms with Crippen molar-refractivity contribution in [2.75, 3.05) is 11.2 Å². The summed E-state index contributed by atoms with van der Waals surface area (Å²) >= 11 is 5.27. The number of halogens is 4. The van der Waals surface area contributed by atoms with E-state index in [1.54, 1.807) is 35.3 Å². The van der Waals surface area contributed by atoms with Crippen LogP contribution >= 0.6 is 11.6 Å². The number of anilines is 1. The number of nitrogens with one attached hydrogen (secondary N) is 3. The summed E-state index contributed by atoms with van der Waals surface area (Å²) in [4.78, 5) is 50.2. The summed E-state index contributed by atoms with van der Waals surface area (Å²) in [7, 11) is 0. The van der Waals surface area contributed by atoms with E-state index in [4.69, 9.17) is 11.6 Å². The Morgan fingerprint density at radius 2 is 1.82 bits per heavy atom. The molecule has 1 aromatic heterocycles. The Balaban J connectivity index is 2.28. The number of amides is 2. The first-order chi connectivity index (χ1) is 13.1. The molecule has 1 aromatic carbocycles. The zero-order valence-corrected chi connectivity index (χ0v) is 14.6. The summed E-state index contributed by atoms with van der Waals surface area (Å²) in [5.74, 6) is -4.55. The minimum absolute atomic E-state index is 0.226. The molecule has 1 aliphatic rings. The van der Waals surface area contributed by atoms with Gasteiger partial charge in [0.1, 0.15) is 17.3 Å². The molecule has 0 aliphatic carbocycles. The van der Waals surface area contributed by atoms with E-state index >= 15 is 0 Å². The van der Waals surface area contributed by atoms with Crippen LogP contribution < -0.4 is 21.9 Å². The molecule has 12 heteroatoms. The molecule has 148 valence electrons. The number of aromatic amines is 1. The Hall–Kier alpha value is -3.08. The molecule has 0 saturated carbocycles. The van der Waals surface area contributed by atoms with Crippen molar-refractivity contribution in [1.82, 2.24) is 14.9 Å². The number of rotatable bonds is 4. The molecule has 8 nitrogen and oxygen atoms in total. The van der Waals surface area contributed by atoms with Crippen LogP contribution in [-0.4, -0.2) is 33.4 Å². The summed E-state index contributed by atoms with van der Waals surface area (Å²) in [6.07, 6.45) is -5.38. The lowest BCUT2D eigenvalue weighted by atomic mass is 9.92. The van der Waals surface area contributed by atoms with Gasteiger partial charge in [-0.2, -0.15) is 13.2 Å². The van der Waals surface area contributed by atoms with Gasteiger partial charge in [-0.15, -0.1) is 11.6 Å². The van der Waals surface area contributed by atoms with Crippen LogP contribution in [0.1, 0.15) is 11.1 Å². The summed E-state index contributed by atoms with van der Waals surface area (Å²) in [6, 6.07) is 8.19. The average Bonchev–Trinajstić information content (AvgIpc) is 2.93. The molecule has 2 heterocycles. The summed E-state index contributed by atoms with van der Waals surface area (Å²) in [6.45, 7) is -0.226. The van der Waals surface area contributed by atoms with Crippen molar-refractivity contribution in [2.24, 2.45) is 0 Å². The first-order valence-electron chi connectivity index (χ1n) is 7.78. The number of hydrogen-bond acceptors (Lipinski definition) is 4. The first kappa shape index (κ1) is 19.7. The van der Waals surface area contributed by atoms with Crippen LogP contribution in [0.4, 0.5) is 19.0 Å². The van der Waals surface area contributed by atoms with Crippen LogP contribution in [0.3, 0.4) is 0 Å². The largest absolute Gasteiger partial charge is 0.425 e. The lowest BCUT2D eigenvalue weighted by Gasteiger charge is -2.29. The van der Waals surface area contributed by atoms with E-state index in [2.05, 4.69) is 0 Å². The Morgan fingerprint density at radius 3 is 2.39 bits per heavy atom. The van der Waals surface area contributed by atoms with Gasteiger partial charge in [-0.25, -0.2) is 4.79 Å². The molecule has 1 atom stereocenters. The molecule has 0 fully saturated rings. The second kappa shape index (κ2) is 6.82. The molecule has 0 radical (unpaired) electrons. The van der Waals surface area contributed by atoms with E-state index in [0.717, 1.165) is 4.57 Å². The van der Waals surface area contributed by atoms with Gasteiger partial charge in [0.25, 0.3) is 11.5 Å². The van der Waals surface area contributed by atoms with Crippen LogP contribution in [0.5, 0.6) is 0 Å². The monoisotopic (exact) mass is 416 g/mol. The fraction of sp³-hybridized carbons (Fsp3) is 0.250. The van der Waals surface area contributed by atoms with Gasteiger partial charge in [0.2, 0.25) is 11.4 Å². The summed E-state index contributed by atoms with van der Waals surface area (Å²) in [5, 5.41) is 3.42. The van der Waals surface area contributed by atoms with E-state index in [0.29, 0.717) is 5.56 Å². The van der Waals surface area contributed by atoms with Gasteiger partial charge in [0, 0.05) is 0 Å². The zero-order chi connectivity index (χ0) is 20.7. The maximum atomic E-state index is 13.9. The lowest BCUT2D eigenvalue weighted by molar-refractivity contribution is -0.200. The third-order valence-electron chi connectivity index (χ3n) is 4.20. The second-order valence-electron chi connectivity index (χ2n) is 5.94. The van der Waals surface area contributed by atoms with Gasteiger partial charge in [-0.1, -0.05) is 30.3 Å². The minimum atomic E-state index is -5.38. The second-order valence-corrected chi connectivity index (χ2v) is 6.21. The van der Waals surface area contributed by atoms with E-state index in [9.17, 15) is 32.3 Å². The molecule has 3 N–H and O–H groups in total. The van der Waals surface area contributed by atoms with Crippen molar-refractivity contribution in [3.8, 4) is 0 Å². The molecule has 0 bridgehead atoms. The number of carbonyl (C=O) groups excluding carboxylic acids is 2. The maximum Gasteiger partial charge on any atom is 0.425 e. The van der Waals surface area contributed by atoms with Gasteiger partial charge in [-0.3, -0.25) is 23.9 Å². The van der Waals surface area contributed by atoms with Crippen LogP contribution in [0.25, 0.3) is 0 Å². The number of fused-ring (bicyclic) bond motifs is 1. The van der Waals surface area contributed by atoms with E-state index in [1.165, 1.54) is 5.32 Å². The van der Waals surface area contributed by atoms with Crippen molar-refractivity contribution >= 4 is 29.2 Å². The molecule has 0 saturated heterocycles. The minimum Gasteiger partial charge on any atom is -0.329 e. The first-order valence-corrected chi connectivity index (χ1v) is 8.32.